The molecule has 7 heteroatoms. The SMILES string of the molecule is CCc1cc2c(cc3n2C[C@](C)(C(=O)NC2CCCCC2)N(CCCOC(C)C)C3=O)s1. The minimum absolute atomic E-state index is 0.0269. The van der Waals surface area contributed by atoms with Gasteiger partial charge in [0.25, 0.3) is 5.91 Å². The van der Waals surface area contributed by atoms with Gasteiger partial charge >= 0.3 is 0 Å². The van der Waals surface area contributed by atoms with Gasteiger partial charge in [-0.05, 0) is 58.6 Å². The lowest BCUT2D eigenvalue weighted by Crippen LogP contribution is -2.65. The highest BCUT2D eigenvalue weighted by Gasteiger charge is 2.48. The Labute approximate surface area is 195 Å². The highest BCUT2D eigenvalue weighted by atomic mass is 32.1. The number of hydrogen-bond donors (Lipinski definition) is 1. The normalized spacial score (nSPS) is 22.0. The van der Waals surface area contributed by atoms with Crippen molar-refractivity contribution in [2.45, 2.75) is 96.9 Å². The van der Waals surface area contributed by atoms with Crippen LogP contribution in [-0.4, -0.2) is 52.1 Å². The maximum atomic E-state index is 13.7. The average Bonchev–Trinajstić information content (AvgIpc) is 3.32. The molecule has 0 unspecified atom stereocenters. The molecule has 1 fully saturated rings. The topological polar surface area (TPSA) is 63.6 Å². The zero-order valence-electron chi connectivity index (χ0n) is 19.9. The molecule has 1 saturated carbocycles. The summed E-state index contributed by atoms with van der Waals surface area (Å²) in [6.45, 7) is 9.69. The molecule has 0 spiro atoms. The van der Waals surface area contributed by atoms with Gasteiger partial charge < -0.3 is 19.5 Å². The molecule has 2 aromatic rings. The number of thiophene rings is 1. The number of fused-ring (bicyclic) bond motifs is 3. The van der Waals surface area contributed by atoms with Gasteiger partial charge in [-0.1, -0.05) is 26.2 Å². The summed E-state index contributed by atoms with van der Waals surface area (Å²) in [4.78, 5) is 30.4. The molecule has 4 rings (SSSR count). The van der Waals surface area contributed by atoms with Gasteiger partial charge in [-0.2, -0.15) is 0 Å². The molecule has 176 valence electrons. The smallest absolute Gasteiger partial charge is 0.271 e. The van der Waals surface area contributed by atoms with Crippen molar-refractivity contribution in [3.8, 4) is 0 Å². The van der Waals surface area contributed by atoms with E-state index < -0.39 is 5.54 Å². The maximum Gasteiger partial charge on any atom is 0.271 e. The van der Waals surface area contributed by atoms with Crippen LogP contribution < -0.4 is 5.32 Å². The molecule has 1 aliphatic carbocycles. The first-order chi connectivity index (χ1) is 15.3. The lowest BCUT2D eigenvalue weighted by molar-refractivity contribution is -0.134. The van der Waals surface area contributed by atoms with Crippen molar-refractivity contribution in [1.29, 1.82) is 0 Å². The highest BCUT2D eigenvalue weighted by molar-refractivity contribution is 7.19. The lowest BCUT2D eigenvalue weighted by atomic mass is 9.91. The summed E-state index contributed by atoms with van der Waals surface area (Å²) in [7, 11) is 0. The van der Waals surface area contributed by atoms with Crippen LogP contribution in [0.1, 0.15) is 81.6 Å². The fourth-order valence-electron chi connectivity index (χ4n) is 5.04. The van der Waals surface area contributed by atoms with Crippen molar-refractivity contribution >= 4 is 33.4 Å². The summed E-state index contributed by atoms with van der Waals surface area (Å²) in [5, 5.41) is 3.30. The number of amides is 2. The van der Waals surface area contributed by atoms with Crippen LogP contribution in [0.3, 0.4) is 0 Å². The first kappa shape index (κ1) is 23.3. The minimum atomic E-state index is -0.917. The molecule has 0 bridgehead atoms. The van der Waals surface area contributed by atoms with Crippen LogP contribution in [0.25, 0.3) is 10.2 Å². The molecule has 0 aromatic carbocycles. The lowest BCUT2D eigenvalue weighted by Gasteiger charge is -2.45. The Bertz CT molecular complexity index is 973. The third-order valence-corrected chi connectivity index (χ3v) is 8.14. The van der Waals surface area contributed by atoms with E-state index >= 15 is 0 Å². The third-order valence-electron chi connectivity index (χ3n) is 6.92. The summed E-state index contributed by atoms with van der Waals surface area (Å²) in [6, 6.07) is 4.41. The van der Waals surface area contributed by atoms with Crippen molar-refractivity contribution in [3.63, 3.8) is 0 Å². The number of nitrogens with zero attached hydrogens (tertiary/aromatic N) is 2. The van der Waals surface area contributed by atoms with Gasteiger partial charge in [0.15, 0.2) is 0 Å². The number of aromatic nitrogens is 1. The van der Waals surface area contributed by atoms with Crippen LogP contribution in [0, 0.1) is 0 Å². The van der Waals surface area contributed by atoms with Gasteiger partial charge in [0.1, 0.15) is 11.2 Å². The van der Waals surface area contributed by atoms with Crippen LogP contribution in [0.5, 0.6) is 0 Å². The number of carbonyl (C=O) groups excluding carboxylic acids is 2. The van der Waals surface area contributed by atoms with E-state index in [1.54, 1.807) is 16.2 Å². The molecule has 1 N–H and O–H groups in total. The van der Waals surface area contributed by atoms with Crippen LogP contribution in [0.15, 0.2) is 12.1 Å². The van der Waals surface area contributed by atoms with E-state index in [0.29, 0.717) is 31.8 Å². The molecule has 0 radical (unpaired) electrons. The zero-order valence-corrected chi connectivity index (χ0v) is 20.7. The summed E-state index contributed by atoms with van der Waals surface area (Å²) in [5.74, 6) is -0.0792. The molecule has 2 amide bonds. The van der Waals surface area contributed by atoms with Gasteiger partial charge in [-0.15, -0.1) is 11.3 Å². The van der Waals surface area contributed by atoms with Crippen LogP contribution in [-0.2, 0) is 22.5 Å². The second-order valence-corrected chi connectivity index (χ2v) is 10.9. The number of ether oxygens (including phenoxy) is 1. The quantitative estimate of drug-likeness (QED) is 0.580. The van der Waals surface area contributed by atoms with E-state index in [4.69, 9.17) is 4.74 Å². The predicted octanol–water partition coefficient (Wildman–Crippen LogP) is 4.74. The molecule has 1 aliphatic heterocycles. The van der Waals surface area contributed by atoms with Gasteiger partial charge in [-0.3, -0.25) is 9.59 Å². The summed E-state index contributed by atoms with van der Waals surface area (Å²) >= 11 is 1.74. The maximum absolute atomic E-state index is 13.7. The first-order valence-electron chi connectivity index (χ1n) is 12.2. The van der Waals surface area contributed by atoms with Gasteiger partial charge in [0.2, 0.25) is 5.91 Å². The van der Waals surface area contributed by atoms with E-state index in [1.165, 1.54) is 11.3 Å². The van der Waals surface area contributed by atoms with Gasteiger partial charge in [0.05, 0.1) is 22.9 Å². The number of nitrogens with one attached hydrogen (secondary N) is 1. The number of rotatable bonds is 8. The van der Waals surface area contributed by atoms with E-state index in [-0.39, 0.29) is 24.0 Å². The fraction of sp³-hybridized carbons (Fsp3) is 0.680. The second kappa shape index (κ2) is 9.56. The molecule has 32 heavy (non-hydrogen) atoms. The Hall–Kier alpha value is -1.86. The molecule has 6 nitrogen and oxygen atoms in total. The van der Waals surface area contributed by atoms with E-state index in [0.717, 1.165) is 42.3 Å². The standard InChI is InChI=1S/C25H37N3O3S/c1-5-19-14-20-22(32-19)15-21-23(29)28(12-9-13-31-17(2)3)25(4,16-27(20)21)24(30)26-18-10-7-6-8-11-18/h14-15,17-18H,5-13,16H2,1-4H3,(H,26,30)/t25-/m1/s1. The molecular formula is C25H37N3O3S. The van der Waals surface area contributed by atoms with Crippen LogP contribution >= 0.6 is 11.3 Å². The molecular weight excluding hydrogens is 422 g/mol. The monoisotopic (exact) mass is 459 g/mol. The van der Waals surface area contributed by atoms with Gasteiger partial charge in [-0.25, -0.2) is 0 Å². The van der Waals surface area contributed by atoms with E-state index in [9.17, 15) is 9.59 Å². The summed E-state index contributed by atoms with van der Waals surface area (Å²) < 4.78 is 8.91. The second-order valence-electron chi connectivity index (χ2n) is 9.74. The van der Waals surface area contributed by atoms with Crippen molar-refractivity contribution in [2.24, 2.45) is 0 Å². The van der Waals surface area contributed by atoms with Crippen molar-refractivity contribution < 1.29 is 14.3 Å². The Balaban J connectivity index is 1.63. The molecule has 3 heterocycles. The van der Waals surface area contributed by atoms with Gasteiger partial charge in [0, 0.05) is 24.1 Å². The Morgan fingerprint density at radius 1 is 1.28 bits per heavy atom. The molecule has 0 saturated heterocycles. The van der Waals surface area contributed by atoms with Crippen LogP contribution in [0.2, 0.25) is 0 Å². The summed E-state index contributed by atoms with van der Waals surface area (Å²) in [5.41, 5.74) is 0.857. The molecule has 2 aromatic heterocycles. The van der Waals surface area contributed by atoms with Crippen molar-refractivity contribution in [1.82, 2.24) is 14.8 Å². The first-order valence-corrected chi connectivity index (χ1v) is 13.0. The average molecular weight is 460 g/mol. The highest BCUT2D eigenvalue weighted by Crippen LogP contribution is 2.36. The van der Waals surface area contributed by atoms with Crippen molar-refractivity contribution in [3.05, 3.63) is 22.7 Å². The van der Waals surface area contributed by atoms with Crippen molar-refractivity contribution in [2.75, 3.05) is 13.2 Å². The third kappa shape index (κ3) is 4.46. The number of aryl methyl sites for hydroxylation is 1. The largest absolute Gasteiger partial charge is 0.379 e. The Kier molecular flexibility index (Phi) is 6.96. The predicted molar refractivity (Wildman–Crippen MR) is 129 cm³/mol. The number of carbonyl (C=O) groups is 2. The fourth-order valence-corrected chi connectivity index (χ4v) is 6.08. The Morgan fingerprint density at radius 3 is 2.72 bits per heavy atom. The van der Waals surface area contributed by atoms with E-state index in [2.05, 4.69) is 22.9 Å². The molecule has 1 atom stereocenters. The zero-order chi connectivity index (χ0) is 22.9. The Morgan fingerprint density at radius 2 is 2.03 bits per heavy atom. The number of hydrogen-bond acceptors (Lipinski definition) is 4. The van der Waals surface area contributed by atoms with E-state index in [1.807, 2.05) is 26.8 Å². The van der Waals surface area contributed by atoms with Crippen LogP contribution in [0.4, 0.5) is 0 Å². The summed E-state index contributed by atoms with van der Waals surface area (Å²) in [6.07, 6.45) is 7.47. The molecule has 2 aliphatic rings. The minimum Gasteiger partial charge on any atom is -0.379 e.